The molecule has 3 aromatic carbocycles. The number of aliphatic hydroxyl groups excluding tert-OH is 1. The SMILES string of the molecule is C#C.C=C(O)c1cc2c(OCCCN3CCC(c4ccc5ccccc5c4)CC3)cccc2[nH]1. The zero-order valence-electron chi connectivity index (χ0n) is 19.5. The topological polar surface area (TPSA) is 48.5 Å². The molecule has 1 aliphatic rings. The highest BCUT2D eigenvalue weighted by Gasteiger charge is 2.20. The van der Waals surface area contributed by atoms with Crippen LogP contribution in [0.1, 0.15) is 36.4 Å². The summed E-state index contributed by atoms with van der Waals surface area (Å²) in [6.07, 6.45) is 11.4. The third-order valence-corrected chi connectivity index (χ3v) is 6.64. The van der Waals surface area contributed by atoms with Crippen molar-refractivity contribution in [2.24, 2.45) is 0 Å². The molecule has 2 heterocycles. The Labute approximate surface area is 201 Å². The Morgan fingerprint density at radius 1 is 1.00 bits per heavy atom. The van der Waals surface area contributed by atoms with Crippen LogP contribution in [0.3, 0.4) is 0 Å². The van der Waals surface area contributed by atoms with E-state index in [0.717, 1.165) is 42.7 Å². The van der Waals surface area contributed by atoms with Crippen LogP contribution in [0.25, 0.3) is 27.4 Å². The maximum Gasteiger partial charge on any atom is 0.131 e. The van der Waals surface area contributed by atoms with Crippen LogP contribution in [-0.4, -0.2) is 41.2 Å². The molecule has 0 radical (unpaired) electrons. The van der Waals surface area contributed by atoms with E-state index in [1.54, 1.807) is 0 Å². The van der Waals surface area contributed by atoms with E-state index in [2.05, 4.69) is 71.8 Å². The maximum atomic E-state index is 9.64. The molecule has 0 bridgehead atoms. The van der Waals surface area contributed by atoms with E-state index in [1.807, 2.05) is 24.3 Å². The lowest BCUT2D eigenvalue weighted by Gasteiger charge is -2.32. The number of likely N-dealkylation sites (tertiary alicyclic amines) is 1. The van der Waals surface area contributed by atoms with Gasteiger partial charge in [0, 0.05) is 17.4 Å². The zero-order chi connectivity index (χ0) is 23.9. The van der Waals surface area contributed by atoms with Crippen LogP contribution in [0.2, 0.25) is 0 Å². The van der Waals surface area contributed by atoms with Gasteiger partial charge in [-0.15, -0.1) is 12.8 Å². The lowest BCUT2D eigenvalue weighted by Crippen LogP contribution is -2.34. The van der Waals surface area contributed by atoms with Gasteiger partial charge in [-0.25, -0.2) is 0 Å². The number of hydrogen-bond donors (Lipinski definition) is 2. The third-order valence-electron chi connectivity index (χ3n) is 6.64. The molecule has 174 valence electrons. The summed E-state index contributed by atoms with van der Waals surface area (Å²) in [5.41, 5.74) is 3.06. The number of fused-ring (bicyclic) bond motifs is 2. The van der Waals surface area contributed by atoms with E-state index in [1.165, 1.54) is 29.2 Å². The first kappa shape index (κ1) is 23.5. The van der Waals surface area contributed by atoms with Gasteiger partial charge in [0.05, 0.1) is 12.3 Å². The number of H-pyrrole nitrogens is 1. The summed E-state index contributed by atoms with van der Waals surface area (Å²) in [5, 5.41) is 13.3. The molecular weight excluding hydrogens is 420 g/mol. The highest BCUT2D eigenvalue weighted by molar-refractivity contribution is 5.89. The molecule has 0 unspecified atom stereocenters. The van der Waals surface area contributed by atoms with Crippen LogP contribution in [0, 0.1) is 12.8 Å². The Balaban J connectivity index is 0.00000133. The highest BCUT2D eigenvalue weighted by atomic mass is 16.5. The number of aromatic amines is 1. The molecule has 5 rings (SSSR count). The largest absolute Gasteiger partial charge is 0.506 e. The minimum absolute atomic E-state index is 0.0410. The quantitative estimate of drug-likeness (QED) is 0.185. The molecular formula is C30H32N2O2. The lowest BCUT2D eigenvalue weighted by molar-refractivity contribution is 0.193. The summed E-state index contributed by atoms with van der Waals surface area (Å²) in [7, 11) is 0. The molecule has 4 nitrogen and oxygen atoms in total. The molecule has 2 N–H and O–H groups in total. The summed E-state index contributed by atoms with van der Waals surface area (Å²) in [6, 6.07) is 23.4. The monoisotopic (exact) mass is 452 g/mol. The fourth-order valence-corrected chi connectivity index (χ4v) is 4.83. The third kappa shape index (κ3) is 5.27. The van der Waals surface area contributed by atoms with Crippen molar-refractivity contribution in [2.45, 2.75) is 25.2 Å². The van der Waals surface area contributed by atoms with Crippen molar-refractivity contribution < 1.29 is 9.84 Å². The van der Waals surface area contributed by atoms with Crippen LogP contribution in [0.4, 0.5) is 0 Å². The van der Waals surface area contributed by atoms with Gasteiger partial charge in [-0.2, -0.15) is 0 Å². The van der Waals surface area contributed by atoms with E-state index in [-0.39, 0.29) is 5.76 Å². The Morgan fingerprint density at radius 3 is 2.53 bits per heavy atom. The summed E-state index contributed by atoms with van der Waals surface area (Å²) in [5.74, 6) is 1.55. The van der Waals surface area contributed by atoms with Gasteiger partial charge in [0.1, 0.15) is 11.5 Å². The number of terminal acetylenes is 1. The van der Waals surface area contributed by atoms with Crippen molar-refractivity contribution in [3.8, 4) is 18.6 Å². The summed E-state index contributed by atoms with van der Waals surface area (Å²) in [6.45, 7) is 7.63. The molecule has 0 spiro atoms. The van der Waals surface area contributed by atoms with Gasteiger partial charge in [0.15, 0.2) is 0 Å². The molecule has 4 heteroatoms. The number of rotatable bonds is 7. The Kier molecular flexibility index (Phi) is 7.57. The number of ether oxygens (including phenoxy) is 1. The zero-order valence-corrected chi connectivity index (χ0v) is 19.5. The normalized spacial score (nSPS) is 14.5. The van der Waals surface area contributed by atoms with Gasteiger partial charge in [-0.3, -0.25) is 0 Å². The second-order valence-corrected chi connectivity index (χ2v) is 8.77. The molecule has 0 saturated carbocycles. The van der Waals surface area contributed by atoms with Crippen molar-refractivity contribution in [3.05, 3.63) is 84.6 Å². The predicted molar refractivity (Wildman–Crippen MR) is 142 cm³/mol. The molecule has 1 aliphatic heterocycles. The Bertz CT molecular complexity index is 1280. The van der Waals surface area contributed by atoms with Gasteiger partial charge in [0.2, 0.25) is 0 Å². The number of aromatic nitrogens is 1. The van der Waals surface area contributed by atoms with Crippen molar-refractivity contribution in [2.75, 3.05) is 26.2 Å². The summed E-state index contributed by atoms with van der Waals surface area (Å²) >= 11 is 0. The van der Waals surface area contributed by atoms with Crippen molar-refractivity contribution in [1.29, 1.82) is 0 Å². The maximum absolute atomic E-state index is 9.64. The number of benzene rings is 3. The standard InChI is InChI=1S/C28H30N2O2.C2H2/c1-20(31)27-19-25-26(29-27)8-4-9-28(25)32-17-5-14-30-15-12-22(13-16-30)24-11-10-21-6-2-3-7-23(21)18-24;1-2/h2-4,6-11,18-19,22,29,31H,1,5,12-17H2;1-2H. The van der Waals surface area contributed by atoms with E-state index in [0.29, 0.717) is 18.2 Å². The minimum atomic E-state index is 0.0410. The summed E-state index contributed by atoms with van der Waals surface area (Å²) < 4.78 is 6.08. The molecule has 0 aliphatic carbocycles. The molecule has 1 fully saturated rings. The van der Waals surface area contributed by atoms with Crippen LogP contribution in [0.5, 0.6) is 5.75 Å². The molecule has 1 saturated heterocycles. The molecule has 4 aromatic rings. The molecule has 34 heavy (non-hydrogen) atoms. The van der Waals surface area contributed by atoms with E-state index < -0.39 is 0 Å². The minimum Gasteiger partial charge on any atom is -0.506 e. The average Bonchev–Trinajstić information content (AvgIpc) is 3.34. The van der Waals surface area contributed by atoms with Gasteiger partial charge in [-0.1, -0.05) is 55.1 Å². The summed E-state index contributed by atoms with van der Waals surface area (Å²) in [4.78, 5) is 5.73. The first-order valence-electron chi connectivity index (χ1n) is 11.8. The van der Waals surface area contributed by atoms with Crippen LogP contribution in [0.15, 0.2) is 73.3 Å². The van der Waals surface area contributed by atoms with Gasteiger partial charge in [-0.05, 0) is 72.8 Å². The average molecular weight is 453 g/mol. The van der Waals surface area contributed by atoms with Crippen LogP contribution in [-0.2, 0) is 0 Å². The van der Waals surface area contributed by atoms with E-state index >= 15 is 0 Å². The van der Waals surface area contributed by atoms with Crippen LogP contribution >= 0.6 is 0 Å². The second-order valence-electron chi connectivity index (χ2n) is 8.77. The molecule has 0 amide bonds. The Morgan fingerprint density at radius 2 is 1.76 bits per heavy atom. The molecule has 0 atom stereocenters. The van der Waals surface area contributed by atoms with Gasteiger partial charge in [0.25, 0.3) is 0 Å². The Hall–Kier alpha value is -3.68. The van der Waals surface area contributed by atoms with Crippen LogP contribution < -0.4 is 4.74 Å². The lowest BCUT2D eigenvalue weighted by atomic mass is 9.88. The van der Waals surface area contributed by atoms with Gasteiger partial charge >= 0.3 is 0 Å². The fourth-order valence-electron chi connectivity index (χ4n) is 4.83. The van der Waals surface area contributed by atoms with Crippen molar-refractivity contribution >= 4 is 27.4 Å². The van der Waals surface area contributed by atoms with Crippen molar-refractivity contribution in [1.82, 2.24) is 9.88 Å². The van der Waals surface area contributed by atoms with Crippen molar-refractivity contribution in [3.63, 3.8) is 0 Å². The van der Waals surface area contributed by atoms with Gasteiger partial charge < -0.3 is 19.7 Å². The predicted octanol–water partition coefficient (Wildman–Crippen LogP) is 6.75. The second kappa shape index (κ2) is 11.0. The number of piperidine rings is 1. The first-order chi connectivity index (χ1) is 16.7. The smallest absolute Gasteiger partial charge is 0.131 e. The fraction of sp³-hybridized carbons (Fsp3) is 0.267. The first-order valence-corrected chi connectivity index (χ1v) is 11.8. The number of aliphatic hydroxyl groups is 1. The number of hydrogen-bond acceptors (Lipinski definition) is 3. The number of nitrogens with zero attached hydrogens (tertiary/aromatic N) is 1. The number of nitrogens with one attached hydrogen (secondary N) is 1. The molecule has 1 aromatic heterocycles. The van der Waals surface area contributed by atoms with E-state index in [4.69, 9.17) is 4.74 Å². The van der Waals surface area contributed by atoms with E-state index in [9.17, 15) is 5.11 Å². The highest BCUT2D eigenvalue weighted by Crippen LogP contribution is 2.31.